The minimum absolute atomic E-state index is 0.640. The molecule has 27 heavy (non-hydrogen) atoms. The van der Waals surface area contributed by atoms with Gasteiger partial charge in [0.25, 0.3) is 0 Å². The van der Waals surface area contributed by atoms with Crippen LogP contribution in [0.2, 0.25) is 0 Å². The van der Waals surface area contributed by atoms with Gasteiger partial charge in [-0.25, -0.2) is 5.10 Å². The van der Waals surface area contributed by atoms with Crippen molar-refractivity contribution in [2.75, 3.05) is 14.2 Å². The molecule has 0 aliphatic carbocycles. The van der Waals surface area contributed by atoms with Gasteiger partial charge in [0.1, 0.15) is 0 Å². The molecular weight excluding hydrogens is 362 g/mol. The number of methoxy groups -OCH3 is 2. The molecule has 0 amide bonds. The van der Waals surface area contributed by atoms with Crippen LogP contribution in [0.15, 0.2) is 41.8 Å². The maximum atomic E-state index is 5.49. The molecule has 4 rings (SSSR count). The predicted octanol–water partition coefficient (Wildman–Crippen LogP) is 3.98. The summed E-state index contributed by atoms with van der Waals surface area (Å²) in [5.74, 6) is 2.07. The minimum atomic E-state index is 0.640. The summed E-state index contributed by atoms with van der Waals surface area (Å²) in [6.45, 7) is 2.00. The largest absolute Gasteiger partial charge is 0.493 e. The van der Waals surface area contributed by atoms with Crippen molar-refractivity contribution in [3.63, 3.8) is 0 Å². The lowest BCUT2D eigenvalue weighted by Crippen LogP contribution is -1.94. The standard InChI is InChI=1S/C19H17N5O2S/c1-11-8-14(9-16(25-2)18(11)26-3)17-15(10-27-22-17)12-4-6-13(7-5-12)19-20-23-24-21-19/h4-10H,1-3H3,(H,20,21,23,24). The molecule has 0 fully saturated rings. The third-order valence-corrected chi connectivity index (χ3v) is 4.95. The molecule has 7 nitrogen and oxygen atoms in total. The quantitative estimate of drug-likeness (QED) is 0.564. The number of nitrogens with zero attached hydrogens (tertiary/aromatic N) is 4. The highest BCUT2D eigenvalue weighted by atomic mass is 32.1. The van der Waals surface area contributed by atoms with Gasteiger partial charge in [0, 0.05) is 22.1 Å². The molecule has 0 saturated heterocycles. The number of aryl methyl sites for hydroxylation is 1. The Kier molecular flexibility index (Phi) is 4.55. The van der Waals surface area contributed by atoms with Crippen LogP contribution in [0.1, 0.15) is 5.56 Å². The van der Waals surface area contributed by atoms with Gasteiger partial charge in [0.2, 0.25) is 0 Å². The molecule has 4 aromatic rings. The van der Waals surface area contributed by atoms with Gasteiger partial charge in [-0.15, -0.1) is 5.10 Å². The molecule has 0 spiro atoms. The van der Waals surface area contributed by atoms with Crippen molar-refractivity contribution in [2.24, 2.45) is 0 Å². The molecule has 8 heteroatoms. The molecule has 0 atom stereocenters. The Bertz CT molecular complexity index is 1060. The fourth-order valence-electron chi connectivity index (χ4n) is 3.03. The fraction of sp³-hybridized carbons (Fsp3) is 0.158. The molecular formula is C19H17N5O2S. The van der Waals surface area contributed by atoms with E-state index in [-0.39, 0.29) is 0 Å². The van der Waals surface area contributed by atoms with E-state index >= 15 is 0 Å². The first kappa shape index (κ1) is 17.2. The predicted molar refractivity (Wildman–Crippen MR) is 104 cm³/mol. The molecule has 2 heterocycles. The third kappa shape index (κ3) is 3.15. The van der Waals surface area contributed by atoms with E-state index in [1.54, 1.807) is 14.2 Å². The van der Waals surface area contributed by atoms with E-state index in [9.17, 15) is 0 Å². The summed E-state index contributed by atoms with van der Waals surface area (Å²) in [7, 11) is 3.28. The number of benzene rings is 2. The average Bonchev–Trinajstić information content (AvgIpc) is 3.39. The second-order valence-corrected chi connectivity index (χ2v) is 6.56. The second kappa shape index (κ2) is 7.16. The van der Waals surface area contributed by atoms with Gasteiger partial charge in [0.05, 0.1) is 19.9 Å². The monoisotopic (exact) mass is 379 g/mol. The van der Waals surface area contributed by atoms with E-state index in [0.717, 1.165) is 39.3 Å². The van der Waals surface area contributed by atoms with Crippen LogP contribution < -0.4 is 9.47 Å². The number of aromatic nitrogens is 5. The average molecular weight is 379 g/mol. The van der Waals surface area contributed by atoms with Gasteiger partial charge in [-0.1, -0.05) is 24.3 Å². The first-order valence-corrected chi connectivity index (χ1v) is 9.07. The molecule has 1 N–H and O–H groups in total. The number of aromatic amines is 1. The van der Waals surface area contributed by atoms with Crippen LogP contribution >= 0.6 is 11.5 Å². The Labute approximate surface area is 160 Å². The molecule has 2 aromatic heterocycles. The molecule has 0 bridgehead atoms. The van der Waals surface area contributed by atoms with Crippen LogP contribution in [0.4, 0.5) is 0 Å². The maximum Gasteiger partial charge on any atom is 0.179 e. The number of tetrazole rings is 1. The zero-order valence-corrected chi connectivity index (χ0v) is 15.9. The van der Waals surface area contributed by atoms with Crippen molar-refractivity contribution in [2.45, 2.75) is 6.92 Å². The summed E-state index contributed by atoms with van der Waals surface area (Å²) in [5.41, 5.74) is 5.97. The van der Waals surface area contributed by atoms with E-state index in [4.69, 9.17) is 9.47 Å². The van der Waals surface area contributed by atoms with E-state index in [1.807, 2.05) is 42.6 Å². The van der Waals surface area contributed by atoms with E-state index in [0.29, 0.717) is 11.6 Å². The van der Waals surface area contributed by atoms with Crippen LogP contribution in [0.5, 0.6) is 11.5 Å². The summed E-state index contributed by atoms with van der Waals surface area (Å²) in [4.78, 5) is 0. The smallest absolute Gasteiger partial charge is 0.179 e. The first-order valence-electron chi connectivity index (χ1n) is 8.23. The summed E-state index contributed by atoms with van der Waals surface area (Å²) >= 11 is 1.43. The Balaban J connectivity index is 1.74. The topological polar surface area (TPSA) is 85.8 Å². The van der Waals surface area contributed by atoms with Gasteiger partial charge in [0.15, 0.2) is 17.3 Å². The van der Waals surface area contributed by atoms with Crippen molar-refractivity contribution in [1.29, 1.82) is 0 Å². The zero-order valence-electron chi connectivity index (χ0n) is 15.1. The number of rotatable bonds is 5. The lowest BCUT2D eigenvalue weighted by molar-refractivity contribution is 0.353. The van der Waals surface area contributed by atoms with Crippen molar-refractivity contribution in [3.8, 4) is 45.3 Å². The lowest BCUT2D eigenvalue weighted by atomic mass is 9.99. The normalized spacial score (nSPS) is 10.8. The second-order valence-electron chi connectivity index (χ2n) is 5.93. The van der Waals surface area contributed by atoms with Crippen molar-refractivity contribution >= 4 is 11.5 Å². The van der Waals surface area contributed by atoms with Gasteiger partial charge < -0.3 is 9.47 Å². The number of H-pyrrole nitrogens is 1. The number of ether oxygens (including phenoxy) is 2. The van der Waals surface area contributed by atoms with Crippen LogP contribution in [0.25, 0.3) is 33.8 Å². The molecule has 2 aromatic carbocycles. The third-order valence-electron chi connectivity index (χ3n) is 4.32. The fourth-order valence-corrected chi connectivity index (χ4v) is 3.75. The van der Waals surface area contributed by atoms with Crippen LogP contribution in [0.3, 0.4) is 0 Å². The number of hydrogen-bond acceptors (Lipinski definition) is 7. The van der Waals surface area contributed by atoms with Gasteiger partial charge in [-0.3, -0.25) is 0 Å². The Morgan fingerprint density at radius 3 is 2.41 bits per heavy atom. The molecule has 136 valence electrons. The van der Waals surface area contributed by atoms with E-state index in [1.165, 1.54) is 11.5 Å². The van der Waals surface area contributed by atoms with Gasteiger partial charge in [-0.2, -0.15) is 4.37 Å². The Hall–Kier alpha value is -3.26. The SMILES string of the molecule is COc1cc(-c2nscc2-c2ccc(-c3nnn[nH]3)cc2)cc(C)c1OC. The Morgan fingerprint density at radius 2 is 1.74 bits per heavy atom. The summed E-state index contributed by atoms with van der Waals surface area (Å²) in [5, 5.41) is 16.0. The van der Waals surface area contributed by atoms with Crippen molar-refractivity contribution in [3.05, 3.63) is 47.3 Å². The maximum absolute atomic E-state index is 5.49. The minimum Gasteiger partial charge on any atom is -0.493 e. The van der Waals surface area contributed by atoms with Gasteiger partial charge >= 0.3 is 0 Å². The molecule has 0 saturated carbocycles. The molecule has 0 unspecified atom stereocenters. The highest BCUT2D eigenvalue weighted by molar-refractivity contribution is 7.04. The van der Waals surface area contributed by atoms with E-state index in [2.05, 4.69) is 31.1 Å². The highest BCUT2D eigenvalue weighted by Crippen LogP contribution is 2.39. The van der Waals surface area contributed by atoms with Crippen molar-refractivity contribution < 1.29 is 9.47 Å². The first-order chi connectivity index (χ1) is 13.2. The number of nitrogens with one attached hydrogen (secondary N) is 1. The molecule has 0 radical (unpaired) electrons. The zero-order chi connectivity index (χ0) is 18.8. The molecule has 0 aliphatic rings. The summed E-state index contributed by atoms with van der Waals surface area (Å²) in [6.07, 6.45) is 0. The summed E-state index contributed by atoms with van der Waals surface area (Å²) in [6, 6.07) is 12.1. The van der Waals surface area contributed by atoms with Crippen LogP contribution in [0, 0.1) is 6.92 Å². The highest BCUT2D eigenvalue weighted by Gasteiger charge is 2.16. The Morgan fingerprint density at radius 1 is 0.963 bits per heavy atom. The molecule has 0 aliphatic heterocycles. The lowest BCUT2D eigenvalue weighted by Gasteiger charge is -2.13. The number of hydrogen-bond donors (Lipinski definition) is 1. The van der Waals surface area contributed by atoms with E-state index < -0.39 is 0 Å². The van der Waals surface area contributed by atoms with Gasteiger partial charge in [-0.05, 0) is 52.1 Å². The van der Waals surface area contributed by atoms with Crippen molar-refractivity contribution in [1.82, 2.24) is 25.0 Å². The van der Waals surface area contributed by atoms with Crippen LogP contribution in [-0.2, 0) is 0 Å². The summed E-state index contributed by atoms with van der Waals surface area (Å²) < 4.78 is 15.5. The van der Waals surface area contributed by atoms with Crippen LogP contribution in [-0.4, -0.2) is 39.2 Å².